The molecule has 0 aliphatic carbocycles. The lowest BCUT2D eigenvalue weighted by Gasteiger charge is -2.28. The third kappa shape index (κ3) is 3.97. The number of anilines is 2. The van der Waals surface area contributed by atoms with E-state index in [1.807, 2.05) is 13.0 Å². The summed E-state index contributed by atoms with van der Waals surface area (Å²) in [5.74, 6) is -0.299. The van der Waals surface area contributed by atoms with Crippen LogP contribution in [0.2, 0.25) is 0 Å². The smallest absolute Gasteiger partial charge is 0.273 e. The van der Waals surface area contributed by atoms with Crippen LogP contribution in [0.25, 0.3) is 0 Å². The van der Waals surface area contributed by atoms with Gasteiger partial charge in [-0.2, -0.15) is 0 Å². The molecular formula is C20H21N3O4. The predicted octanol–water partition coefficient (Wildman–Crippen LogP) is 3.98. The average Bonchev–Trinajstić information content (AvgIpc) is 2.63. The number of amides is 2. The molecule has 27 heavy (non-hydrogen) atoms. The van der Waals surface area contributed by atoms with Crippen LogP contribution < -0.4 is 10.2 Å². The van der Waals surface area contributed by atoms with E-state index in [9.17, 15) is 19.7 Å². The first-order chi connectivity index (χ1) is 12.9. The number of piperidine rings is 1. The molecule has 0 spiro atoms. The molecule has 2 aromatic rings. The molecule has 1 aliphatic heterocycles. The Morgan fingerprint density at radius 1 is 1.11 bits per heavy atom. The van der Waals surface area contributed by atoms with Crippen LogP contribution in [-0.2, 0) is 4.79 Å². The van der Waals surface area contributed by atoms with Crippen molar-refractivity contribution in [2.45, 2.75) is 33.1 Å². The number of benzene rings is 2. The van der Waals surface area contributed by atoms with E-state index in [1.54, 1.807) is 36.1 Å². The SMILES string of the molecule is Cc1cc(NC(=O)c2ccc(C)c([N+](=O)[O-])c2)ccc1N1CCCCC1=O. The average molecular weight is 367 g/mol. The van der Waals surface area contributed by atoms with Crippen LogP contribution >= 0.6 is 0 Å². The molecule has 1 aliphatic rings. The van der Waals surface area contributed by atoms with Crippen LogP contribution in [0.5, 0.6) is 0 Å². The van der Waals surface area contributed by atoms with Crippen molar-refractivity contribution in [3.63, 3.8) is 0 Å². The molecular weight excluding hydrogens is 346 g/mol. The molecule has 7 nitrogen and oxygen atoms in total. The quantitative estimate of drug-likeness (QED) is 0.653. The lowest BCUT2D eigenvalue weighted by Crippen LogP contribution is -2.35. The fourth-order valence-electron chi connectivity index (χ4n) is 3.25. The van der Waals surface area contributed by atoms with E-state index >= 15 is 0 Å². The van der Waals surface area contributed by atoms with Crippen molar-refractivity contribution in [3.8, 4) is 0 Å². The zero-order valence-corrected chi connectivity index (χ0v) is 15.3. The van der Waals surface area contributed by atoms with Crippen LogP contribution in [0.4, 0.5) is 17.1 Å². The van der Waals surface area contributed by atoms with Crippen LogP contribution in [0, 0.1) is 24.0 Å². The van der Waals surface area contributed by atoms with Crippen LogP contribution in [0.1, 0.15) is 40.7 Å². The third-order valence-electron chi connectivity index (χ3n) is 4.74. The van der Waals surface area contributed by atoms with Gasteiger partial charge in [0.25, 0.3) is 11.6 Å². The lowest BCUT2D eigenvalue weighted by molar-refractivity contribution is -0.385. The molecule has 2 amide bonds. The summed E-state index contributed by atoms with van der Waals surface area (Å²) in [6, 6.07) is 9.77. The van der Waals surface area contributed by atoms with E-state index in [0.717, 1.165) is 24.1 Å². The van der Waals surface area contributed by atoms with Gasteiger partial charge in [0.05, 0.1) is 4.92 Å². The summed E-state index contributed by atoms with van der Waals surface area (Å²) in [6.07, 6.45) is 2.46. The number of nitrogens with one attached hydrogen (secondary N) is 1. The summed E-state index contributed by atoms with van der Waals surface area (Å²) >= 11 is 0. The van der Waals surface area contributed by atoms with Crippen molar-refractivity contribution in [2.24, 2.45) is 0 Å². The second kappa shape index (κ2) is 7.57. The maximum Gasteiger partial charge on any atom is 0.273 e. The van der Waals surface area contributed by atoms with Gasteiger partial charge >= 0.3 is 0 Å². The van der Waals surface area contributed by atoms with Gasteiger partial charge < -0.3 is 10.2 Å². The Morgan fingerprint density at radius 3 is 2.56 bits per heavy atom. The minimum absolute atomic E-state index is 0.0854. The predicted molar refractivity (Wildman–Crippen MR) is 103 cm³/mol. The summed E-state index contributed by atoms with van der Waals surface area (Å²) in [6.45, 7) is 4.23. The van der Waals surface area contributed by atoms with Gasteiger partial charge in [0.2, 0.25) is 5.91 Å². The van der Waals surface area contributed by atoms with Gasteiger partial charge in [-0.1, -0.05) is 6.07 Å². The maximum absolute atomic E-state index is 12.5. The van der Waals surface area contributed by atoms with Gasteiger partial charge in [0, 0.05) is 41.5 Å². The first-order valence-electron chi connectivity index (χ1n) is 8.84. The summed E-state index contributed by atoms with van der Waals surface area (Å²) < 4.78 is 0. The number of carbonyl (C=O) groups is 2. The third-order valence-corrected chi connectivity index (χ3v) is 4.74. The van der Waals surface area contributed by atoms with Crippen molar-refractivity contribution in [1.29, 1.82) is 0 Å². The van der Waals surface area contributed by atoms with Crippen LogP contribution in [-0.4, -0.2) is 23.3 Å². The standard InChI is InChI=1S/C20H21N3O4/c1-13-6-7-15(12-18(13)23(26)27)20(25)21-16-8-9-17(14(2)11-16)22-10-4-3-5-19(22)24/h6-9,11-12H,3-5,10H2,1-2H3,(H,21,25). The van der Waals surface area contributed by atoms with Gasteiger partial charge in [-0.05, 0) is 56.5 Å². The highest BCUT2D eigenvalue weighted by Crippen LogP contribution is 2.27. The highest BCUT2D eigenvalue weighted by molar-refractivity contribution is 6.05. The van der Waals surface area contributed by atoms with Crippen molar-refractivity contribution in [1.82, 2.24) is 0 Å². The van der Waals surface area contributed by atoms with E-state index < -0.39 is 10.8 Å². The molecule has 0 aromatic heterocycles. The van der Waals surface area contributed by atoms with Crippen molar-refractivity contribution < 1.29 is 14.5 Å². The molecule has 1 heterocycles. The molecule has 7 heteroatoms. The monoisotopic (exact) mass is 367 g/mol. The molecule has 3 rings (SSSR count). The fourth-order valence-corrected chi connectivity index (χ4v) is 3.25. The second-order valence-corrected chi connectivity index (χ2v) is 6.72. The molecule has 2 aromatic carbocycles. The number of hydrogen-bond donors (Lipinski definition) is 1. The molecule has 0 unspecified atom stereocenters. The highest BCUT2D eigenvalue weighted by Gasteiger charge is 2.21. The number of hydrogen-bond acceptors (Lipinski definition) is 4. The van der Waals surface area contributed by atoms with Gasteiger partial charge in [-0.25, -0.2) is 0 Å². The Morgan fingerprint density at radius 2 is 1.89 bits per heavy atom. The summed E-state index contributed by atoms with van der Waals surface area (Å²) in [7, 11) is 0. The fraction of sp³-hybridized carbons (Fsp3) is 0.300. The lowest BCUT2D eigenvalue weighted by atomic mass is 10.1. The molecule has 0 radical (unpaired) electrons. The molecule has 1 N–H and O–H groups in total. The Bertz CT molecular complexity index is 923. The van der Waals surface area contributed by atoms with Crippen LogP contribution in [0.15, 0.2) is 36.4 Å². The molecule has 1 saturated heterocycles. The number of carbonyl (C=O) groups excluding carboxylic acids is 2. The first kappa shape index (κ1) is 18.6. The normalized spacial score (nSPS) is 14.1. The number of aryl methyl sites for hydroxylation is 2. The van der Waals surface area contributed by atoms with Crippen molar-refractivity contribution in [2.75, 3.05) is 16.8 Å². The maximum atomic E-state index is 12.5. The summed E-state index contributed by atoms with van der Waals surface area (Å²) in [4.78, 5) is 36.9. The summed E-state index contributed by atoms with van der Waals surface area (Å²) in [5.41, 5.74) is 2.96. The number of rotatable bonds is 4. The van der Waals surface area contributed by atoms with Gasteiger partial charge in [0.1, 0.15) is 0 Å². The number of nitro groups is 1. The van der Waals surface area contributed by atoms with Gasteiger partial charge in [-0.15, -0.1) is 0 Å². The minimum atomic E-state index is -0.499. The second-order valence-electron chi connectivity index (χ2n) is 6.72. The van der Waals surface area contributed by atoms with Crippen LogP contribution in [0.3, 0.4) is 0 Å². The molecule has 1 fully saturated rings. The van der Waals surface area contributed by atoms with Gasteiger partial charge in [-0.3, -0.25) is 19.7 Å². The number of nitro benzene ring substituents is 1. The van der Waals surface area contributed by atoms with E-state index in [0.29, 0.717) is 24.2 Å². The minimum Gasteiger partial charge on any atom is -0.322 e. The molecule has 0 bridgehead atoms. The van der Waals surface area contributed by atoms with E-state index in [-0.39, 0.29) is 17.2 Å². The molecule has 0 atom stereocenters. The van der Waals surface area contributed by atoms with Crippen molar-refractivity contribution in [3.05, 3.63) is 63.2 Å². The summed E-state index contributed by atoms with van der Waals surface area (Å²) in [5, 5.41) is 13.8. The highest BCUT2D eigenvalue weighted by atomic mass is 16.6. The Labute approximate surface area is 157 Å². The number of nitrogens with zero attached hydrogens (tertiary/aromatic N) is 2. The molecule has 0 saturated carbocycles. The largest absolute Gasteiger partial charge is 0.322 e. The zero-order chi connectivity index (χ0) is 19.6. The molecule has 140 valence electrons. The van der Waals surface area contributed by atoms with Crippen molar-refractivity contribution >= 4 is 28.9 Å². The zero-order valence-electron chi connectivity index (χ0n) is 15.3. The Balaban J connectivity index is 1.79. The Kier molecular flexibility index (Phi) is 5.21. The van der Waals surface area contributed by atoms with Gasteiger partial charge in [0.15, 0.2) is 0 Å². The topological polar surface area (TPSA) is 92.5 Å². The van der Waals surface area contributed by atoms with E-state index in [1.165, 1.54) is 6.07 Å². The first-order valence-corrected chi connectivity index (χ1v) is 8.84. The van der Waals surface area contributed by atoms with E-state index in [2.05, 4.69) is 5.32 Å². The Hall–Kier alpha value is -3.22. The van der Waals surface area contributed by atoms with E-state index in [4.69, 9.17) is 0 Å².